The number of carbonyl (C=O) groups excluding carboxylic acids is 1. The number of ether oxygens (including phenoxy) is 2. The van der Waals surface area contributed by atoms with Gasteiger partial charge in [0.2, 0.25) is 6.08 Å². The Bertz CT molecular complexity index is 345. The molecule has 0 aliphatic carbocycles. The highest BCUT2D eigenvalue weighted by Crippen LogP contribution is 2.21. The molecule has 0 amide bonds. The first kappa shape index (κ1) is 10.4. The molecular weight excluding hydrogens is 182 g/mol. The maximum absolute atomic E-state index is 10.1. The second-order valence-corrected chi connectivity index (χ2v) is 2.59. The quantitative estimate of drug-likeness (QED) is 0.540. The zero-order valence-electron chi connectivity index (χ0n) is 8.06. The van der Waals surface area contributed by atoms with E-state index in [9.17, 15) is 4.79 Å². The van der Waals surface area contributed by atoms with E-state index >= 15 is 0 Å². The van der Waals surface area contributed by atoms with Gasteiger partial charge in [-0.2, -0.15) is 4.99 Å². The van der Waals surface area contributed by atoms with Gasteiger partial charge in [-0.3, -0.25) is 0 Å². The normalized spacial score (nSPS) is 11.6. The standard InChI is InChI=1S/C10H11NO3/c1-13-9-5-3-4-8(6-9)10(14-2)11-7-12/h3-6,10H,1-2H3. The molecule has 0 saturated carbocycles. The fraction of sp³-hybridized carbons (Fsp3) is 0.300. The molecule has 0 aliphatic heterocycles. The van der Waals surface area contributed by atoms with Gasteiger partial charge in [0.05, 0.1) is 7.11 Å². The minimum atomic E-state index is -0.609. The van der Waals surface area contributed by atoms with Crippen molar-refractivity contribution in [2.24, 2.45) is 4.99 Å². The summed E-state index contributed by atoms with van der Waals surface area (Å²) in [7, 11) is 3.05. The van der Waals surface area contributed by atoms with Crippen molar-refractivity contribution in [1.29, 1.82) is 0 Å². The molecule has 1 atom stereocenters. The second-order valence-electron chi connectivity index (χ2n) is 2.59. The van der Waals surface area contributed by atoms with Crippen LogP contribution in [-0.2, 0) is 9.53 Å². The number of hydrogen-bond donors (Lipinski definition) is 0. The molecule has 1 rings (SSSR count). The number of isocyanates is 1. The van der Waals surface area contributed by atoms with Gasteiger partial charge < -0.3 is 9.47 Å². The Morgan fingerprint density at radius 1 is 1.43 bits per heavy atom. The molecule has 0 fully saturated rings. The SMILES string of the molecule is COc1cccc(C(N=C=O)OC)c1. The first-order valence-corrected chi connectivity index (χ1v) is 4.05. The highest BCUT2D eigenvalue weighted by molar-refractivity contribution is 5.36. The minimum Gasteiger partial charge on any atom is -0.497 e. The molecule has 74 valence electrons. The van der Waals surface area contributed by atoms with E-state index in [1.807, 2.05) is 0 Å². The van der Waals surface area contributed by atoms with Gasteiger partial charge >= 0.3 is 0 Å². The summed E-state index contributed by atoms with van der Waals surface area (Å²) in [4.78, 5) is 13.6. The summed E-state index contributed by atoms with van der Waals surface area (Å²) in [6, 6.07) is 7.17. The Balaban J connectivity index is 2.97. The third-order valence-corrected chi connectivity index (χ3v) is 1.77. The average molecular weight is 193 g/mol. The molecule has 0 saturated heterocycles. The zero-order chi connectivity index (χ0) is 10.4. The molecule has 0 radical (unpaired) electrons. The Morgan fingerprint density at radius 3 is 2.79 bits per heavy atom. The van der Waals surface area contributed by atoms with Gasteiger partial charge in [0.15, 0.2) is 6.23 Å². The molecule has 0 spiro atoms. The molecular formula is C10H11NO3. The molecule has 0 aromatic heterocycles. The van der Waals surface area contributed by atoms with E-state index in [0.717, 1.165) is 5.56 Å². The summed E-state index contributed by atoms with van der Waals surface area (Å²) >= 11 is 0. The van der Waals surface area contributed by atoms with Crippen LogP contribution in [-0.4, -0.2) is 20.3 Å². The molecule has 1 unspecified atom stereocenters. The van der Waals surface area contributed by atoms with E-state index in [1.165, 1.54) is 13.2 Å². The van der Waals surface area contributed by atoms with Crippen LogP contribution >= 0.6 is 0 Å². The third kappa shape index (κ3) is 2.42. The fourth-order valence-corrected chi connectivity index (χ4v) is 1.11. The van der Waals surface area contributed by atoms with Crippen molar-refractivity contribution in [3.8, 4) is 5.75 Å². The highest BCUT2D eigenvalue weighted by atomic mass is 16.5. The first-order chi connectivity index (χ1) is 6.81. The number of methoxy groups -OCH3 is 2. The second kappa shape index (κ2) is 5.17. The van der Waals surface area contributed by atoms with Gasteiger partial charge in [0.1, 0.15) is 5.75 Å². The lowest BCUT2D eigenvalue weighted by Gasteiger charge is -2.09. The summed E-state index contributed by atoms with van der Waals surface area (Å²) in [6.07, 6.45) is 0.855. The molecule has 0 bridgehead atoms. The Labute approximate surface area is 82.2 Å². The van der Waals surface area contributed by atoms with Crippen LogP contribution in [0.2, 0.25) is 0 Å². The van der Waals surface area contributed by atoms with Crippen LogP contribution in [0, 0.1) is 0 Å². The van der Waals surface area contributed by atoms with Crippen LogP contribution in [0.15, 0.2) is 29.3 Å². The lowest BCUT2D eigenvalue weighted by Crippen LogP contribution is -1.98. The number of nitrogens with zero attached hydrogens (tertiary/aromatic N) is 1. The van der Waals surface area contributed by atoms with Gasteiger partial charge in [-0.25, -0.2) is 4.79 Å². The third-order valence-electron chi connectivity index (χ3n) is 1.77. The molecule has 0 aliphatic rings. The van der Waals surface area contributed by atoms with Crippen LogP contribution < -0.4 is 4.74 Å². The number of rotatable bonds is 4. The zero-order valence-corrected chi connectivity index (χ0v) is 8.06. The predicted molar refractivity (Wildman–Crippen MR) is 50.9 cm³/mol. The van der Waals surface area contributed by atoms with Crippen molar-refractivity contribution in [3.63, 3.8) is 0 Å². The van der Waals surface area contributed by atoms with Crippen LogP contribution in [0.5, 0.6) is 5.75 Å². The highest BCUT2D eigenvalue weighted by Gasteiger charge is 2.08. The summed E-state index contributed by atoms with van der Waals surface area (Å²) in [5, 5.41) is 0. The number of hydrogen-bond acceptors (Lipinski definition) is 4. The largest absolute Gasteiger partial charge is 0.497 e. The molecule has 14 heavy (non-hydrogen) atoms. The van der Waals surface area contributed by atoms with E-state index in [0.29, 0.717) is 5.75 Å². The van der Waals surface area contributed by atoms with Crippen molar-refractivity contribution in [2.75, 3.05) is 14.2 Å². The predicted octanol–water partition coefficient (Wildman–Crippen LogP) is 1.68. The van der Waals surface area contributed by atoms with Crippen LogP contribution in [0.3, 0.4) is 0 Å². The van der Waals surface area contributed by atoms with Crippen LogP contribution in [0.4, 0.5) is 0 Å². The van der Waals surface area contributed by atoms with Crippen molar-refractivity contribution in [1.82, 2.24) is 0 Å². The molecule has 4 heteroatoms. The summed E-state index contributed by atoms with van der Waals surface area (Å²) in [6.45, 7) is 0. The van der Waals surface area contributed by atoms with Crippen molar-refractivity contribution in [2.45, 2.75) is 6.23 Å². The molecule has 1 aromatic carbocycles. The maximum atomic E-state index is 10.1. The van der Waals surface area contributed by atoms with Gasteiger partial charge in [0, 0.05) is 12.7 Å². The molecule has 0 N–H and O–H groups in total. The van der Waals surface area contributed by atoms with E-state index in [-0.39, 0.29) is 0 Å². The first-order valence-electron chi connectivity index (χ1n) is 4.05. The van der Waals surface area contributed by atoms with Gasteiger partial charge in [-0.05, 0) is 12.1 Å². The van der Waals surface area contributed by atoms with Crippen molar-refractivity contribution >= 4 is 6.08 Å². The topological polar surface area (TPSA) is 47.9 Å². The molecule has 0 heterocycles. The number of benzene rings is 1. The van der Waals surface area contributed by atoms with Crippen LogP contribution in [0.25, 0.3) is 0 Å². The lowest BCUT2D eigenvalue weighted by atomic mass is 10.2. The lowest BCUT2D eigenvalue weighted by molar-refractivity contribution is 0.111. The summed E-state index contributed by atoms with van der Waals surface area (Å²) in [5.41, 5.74) is 0.759. The summed E-state index contributed by atoms with van der Waals surface area (Å²) < 4.78 is 10.0. The van der Waals surface area contributed by atoms with Gasteiger partial charge in [0.25, 0.3) is 0 Å². The Morgan fingerprint density at radius 2 is 2.21 bits per heavy atom. The monoisotopic (exact) mass is 193 g/mol. The Hall–Kier alpha value is -1.64. The van der Waals surface area contributed by atoms with E-state index in [4.69, 9.17) is 9.47 Å². The van der Waals surface area contributed by atoms with Crippen molar-refractivity contribution < 1.29 is 14.3 Å². The van der Waals surface area contributed by atoms with E-state index in [2.05, 4.69) is 4.99 Å². The van der Waals surface area contributed by atoms with Crippen LogP contribution in [0.1, 0.15) is 11.8 Å². The molecule has 1 aromatic rings. The van der Waals surface area contributed by atoms with Gasteiger partial charge in [-0.15, -0.1) is 0 Å². The summed E-state index contributed by atoms with van der Waals surface area (Å²) in [5.74, 6) is 0.700. The maximum Gasteiger partial charge on any atom is 0.238 e. The van der Waals surface area contributed by atoms with Crippen molar-refractivity contribution in [3.05, 3.63) is 29.8 Å². The van der Waals surface area contributed by atoms with E-state index < -0.39 is 6.23 Å². The smallest absolute Gasteiger partial charge is 0.238 e. The average Bonchev–Trinajstić information content (AvgIpc) is 2.26. The molecule has 4 nitrogen and oxygen atoms in total. The van der Waals surface area contributed by atoms with E-state index in [1.54, 1.807) is 31.4 Å². The number of aliphatic imine (C=N–C) groups is 1. The minimum absolute atomic E-state index is 0.609. The fourth-order valence-electron chi connectivity index (χ4n) is 1.11. The Kier molecular flexibility index (Phi) is 3.85. The van der Waals surface area contributed by atoms with Gasteiger partial charge in [-0.1, -0.05) is 12.1 Å².